The van der Waals surface area contributed by atoms with Crippen molar-refractivity contribution in [3.8, 4) is 0 Å². The van der Waals surface area contributed by atoms with Gasteiger partial charge in [0.15, 0.2) is 5.16 Å². The monoisotopic (exact) mass is 381 g/mol. The lowest BCUT2D eigenvalue weighted by Crippen LogP contribution is -2.24. The SMILES string of the molecule is CC(C)Cn1c(CCC(N)=O)nnc1SCC(=O)NCc1cccs1. The summed E-state index contributed by atoms with van der Waals surface area (Å²) in [6.45, 7) is 5.47. The molecule has 2 amide bonds. The molecule has 0 aliphatic heterocycles. The maximum absolute atomic E-state index is 12.0. The zero-order valence-electron chi connectivity index (χ0n) is 14.4. The van der Waals surface area contributed by atoms with Gasteiger partial charge in [-0.05, 0) is 17.4 Å². The Kier molecular flexibility index (Phi) is 7.45. The maximum atomic E-state index is 12.0. The summed E-state index contributed by atoms with van der Waals surface area (Å²) in [7, 11) is 0. The number of hydrogen-bond donors (Lipinski definition) is 2. The smallest absolute Gasteiger partial charge is 0.230 e. The van der Waals surface area contributed by atoms with Crippen molar-refractivity contribution < 1.29 is 9.59 Å². The topological polar surface area (TPSA) is 103 Å². The number of amides is 2. The molecule has 0 bridgehead atoms. The first-order chi connectivity index (χ1) is 12.0. The number of thioether (sulfide) groups is 1. The van der Waals surface area contributed by atoms with Crippen LogP contribution in [-0.4, -0.2) is 32.3 Å². The average Bonchev–Trinajstić information content (AvgIpc) is 3.18. The second kappa shape index (κ2) is 9.57. The van der Waals surface area contributed by atoms with E-state index < -0.39 is 0 Å². The Bertz CT molecular complexity index is 697. The van der Waals surface area contributed by atoms with Crippen LogP contribution >= 0.6 is 23.1 Å². The summed E-state index contributed by atoms with van der Waals surface area (Å²) in [6.07, 6.45) is 0.697. The zero-order valence-corrected chi connectivity index (χ0v) is 16.0. The molecule has 0 aliphatic carbocycles. The Hall–Kier alpha value is -1.87. The Morgan fingerprint density at radius 1 is 1.40 bits per heavy atom. The fraction of sp³-hybridized carbons (Fsp3) is 0.500. The number of primary amides is 1. The summed E-state index contributed by atoms with van der Waals surface area (Å²) in [5.41, 5.74) is 5.22. The second-order valence-corrected chi connectivity index (χ2v) is 7.99. The lowest BCUT2D eigenvalue weighted by molar-refractivity contribution is -0.119. The van der Waals surface area contributed by atoms with Crippen LogP contribution in [0.25, 0.3) is 0 Å². The number of aromatic nitrogens is 3. The van der Waals surface area contributed by atoms with Crippen molar-refractivity contribution in [3.05, 3.63) is 28.2 Å². The van der Waals surface area contributed by atoms with Crippen LogP contribution in [-0.2, 0) is 29.1 Å². The Labute approximate surface area is 155 Å². The molecule has 2 aromatic rings. The first-order valence-electron chi connectivity index (χ1n) is 8.08. The predicted molar refractivity (Wildman–Crippen MR) is 99.3 cm³/mol. The van der Waals surface area contributed by atoms with Crippen molar-refractivity contribution in [3.63, 3.8) is 0 Å². The first-order valence-corrected chi connectivity index (χ1v) is 9.94. The third kappa shape index (κ3) is 6.50. The Balaban J connectivity index is 1.92. The molecule has 0 aromatic carbocycles. The molecule has 2 heterocycles. The summed E-state index contributed by atoms with van der Waals surface area (Å²) in [6, 6.07) is 3.95. The number of nitrogens with two attached hydrogens (primary N) is 1. The third-order valence-electron chi connectivity index (χ3n) is 3.31. The Morgan fingerprint density at radius 3 is 2.84 bits per heavy atom. The molecule has 0 unspecified atom stereocenters. The summed E-state index contributed by atoms with van der Waals surface area (Å²) >= 11 is 2.97. The van der Waals surface area contributed by atoms with Crippen LogP contribution in [0.2, 0.25) is 0 Å². The minimum atomic E-state index is -0.360. The molecular weight excluding hydrogens is 358 g/mol. The fourth-order valence-corrected chi connectivity index (χ4v) is 3.62. The maximum Gasteiger partial charge on any atom is 0.230 e. The van der Waals surface area contributed by atoms with Gasteiger partial charge in [0.25, 0.3) is 0 Å². The standard InChI is InChI=1S/C16H23N5O2S2/c1-11(2)9-21-14(6-5-13(17)22)19-20-16(21)25-10-15(23)18-8-12-4-3-7-24-12/h3-4,7,11H,5-6,8-10H2,1-2H3,(H2,17,22)(H,18,23). The first kappa shape index (κ1) is 19.5. The van der Waals surface area contributed by atoms with Crippen molar-refractivity contribution >= 4 is 34.9 Å². The molecule has 0 saturated heterocycles. The van der Waals surface area contributed by atoms with E-state index >= 15 is 0 Å². The minimum Gasteiger partial charge on any atom is -0.370 e. The van der Waals surface area contributed by atoms with E-state index in [9.17, 15) is 9.59 Å². The molecule has 2 aromatic heterocycles. The van der Waals surface area contributed by atoms with Gasteiger partial charge in [-0.15, -0.1) is 21.5 Å². The quantitative estimate of drug-likeness (QED) is 0.611. The van der Waals surface area contributed by atoms with Gasteiger partial charge in [-0.3, -0.25) is 9.59 Å². The Morgan fingerprint density at radius 2 is 2.20 bits per heavy atom. The van der Waals surface area contributed by atoms with Gasteiger partial charge in [0.1, 0.15) is 5.82 Å². The molecular formula is C16H23N5O2S2. The van der Waals surface area contributed by atoms with Gasteiger partial charge in [-0.2, -0.15) is 0 Å². The van der Waals surface area contributed by atoms with Crippen molar-refractivity contribution in [2.24, 2.45) is 11.7 Å². The number of aryl methyl sites for hydroxylation is 1. The number of nitrogens with one attached hydrogen (secondary N) is 1. The van der Waals surface area contributed by atoms with E-state index in [1.165, 1.54) is 11.8 Å². The van der Waals surface area contributed by atoms with Gasteiger partial charge in [0, 0.05) is 24.3 Å². The molecule has 25 heavy (non-hydrogen) atoms. The van der Waals surface area contributed by atoms with Crippen LogP contribution in [0.4, 0.5) is 0 Å². The number of hydrogen-bond acceptors (Lipinski definition) is 6. The van der Waals surface area contributed by atoms with Crippen LogP contribution in [0.15, 0.2) is 22.7 Å². The van der Waals surface area contributed by atoms with E-state index in [0.29, 0.717) is 24.0 Å². The molecule has 2 rings (SSSR count). The number of thiophene rings is 1. The fourth-order valence-electron chi connectivity index (χ4n) is 2.17. The van der Waals surface area contributed by atoms with E-state index in [2.05, 4.69) is 29.4 Å². The number of carbonyl (C=O) groups excluding carboxylic acids is 2. The van der Waals surface area contributed by atoms with Gasteiger partial charge >= 0.3 is 0 Å². The molecule has 0 spiro atoms. The van der Waals surface area contributed by atoms with Crippen LogP contribution in [0.3, 0.4) is 0 Å². The largest absolute Gasteiger partial charge is 0.370 e. The summed E-state index contributed by atoms with van der Waals surface area (Å²) in [4.78, 5) is 24.1. The predicted octanol–water partition coefficient (Wildman–Crippen LogP) is 1.82. The number of rotatable bonds is 10. The number of nitrogens with zero attached hydrogens (tertiary/aromatic N) is 3. The van der Waals surface area contributed by atoms with E-state index in [0.717, 1.165) is 17.2 Å². The lowest BCUT2D eigenvalue weighted by atomic mass is 10.2. The molecule has 0 fully saturated rings. The van der Waals surface area contributed by atoms with Crippen molar-refractivity contribution in [1.29, 1.82) is 0 Å². The highest BCUT2D eigenvalue weighted by atomic mass is 32.2. The zero-order chi connectivity index (χ0) is 18.2. The summed E-state index contributed by atoms with van der Waals surface area (Å²) in [5, 5.41) is 13.9. The second-order valence-electron chi connectivity index (χ2n) is 6.01. The highest BCUT2D eigenvalue weighted by Crippen LogP contribution is 2.19. The molecule has 7 nitrogen and oxygen atoms in total. The van der Waals surface area contributed by atoms with Gasteiger partial charge in [0.2, 0.25) is 11.8 Å². The average molecular weight is 382 g/mol. The molecule has 0 saturated carbocycles. The molecule has 9 heteroatoms. The van der Waals surface area contributed by atoms with E-state index in [1.807, 2.05) is 22.1 Å². The summed E-state index contributed by atoms with van der Waals surface area (Å²) in [5.74, 6) is 0.999. The van der Waals surface area contributed by atoms with Gasteiger partial charge < -0.3 is 15.6 Å². The van der Waals surface area contributed by atoms with E-state index in [1.54, 1.807) is 11.3 Å². The van der Waals surface area contributed by atoms with Gasteiger partial charge in [-0.25, -0.2) is 0 Å². The van der Waals surface area contributed by atoms with Crippen molar-refractivity contribution in [1.82, 2.24) is 20.1 Å². The number of carbonyl (C=O) groups is 2. The lowest BCUT2D eigenvalue weighted by Gasteiger charge is -2.12. The highest BCUT2D eigenvalue weighted by Gasteiger charge is 2.15. The summed E-state index contributed by atoms with van der Waals surface area (Å²) < 4.78 is 1.98. The molecule has 0 radical (unpaired) electrons. The van der Waals surface area contributed by atoms with Gasteiger partial charge in [0.05, 0.1) is 12.3 Å². The van der Waals surface area contributed by atoms with Crippen LogP contribution in [0, 0.1) is 5.92 Å². The van der Waals surface area contributed by atoms with Crippen molar-refractivity contribution in [2.45, 2.75) is 44.9 Å². The minimum absolute atomic E-state index is 0.0452. The van der Waals surface area contributed by atoms with Gasteiger partial charge in [-0.1, -0.05) is 31.7 Å². The third-order valence-corrected chi connectivity index (χ3v) is 5.15. The van der Waals surface area contributed by atoms with Crippen LogP contribution in [0.1, 0.15) is 31.0 Å². The highest BCUT2D eigenvalue weighted by molar-refractivity contribution is 7.99. The van der Waals surface area contributed by atoms with Crippen LogP contribution < -0.4 is 11.1 Å². The van der Waals surface area contributed by atoms with Crippen molar-refractivity contribution in [2.75, 3.05) is 5.75 Å². The van der Waals surface area contributed by atoms with E-state index in [-0.39, 0.29) is 24.0 Å². The normalized spacial score (nSPS) is 11.0. The van der Waals surface area contributed by atoms with Crippen LogP contribution in [0.5, 0.6) is 0 Å². The van der Waals surface area contributed by atoms with E-state index in [4.69, 9.17) is 5.73 Å². The molecule has 136 valence electrons. The molecule has 3 N–H and O–H groups in total. The molecule has 0 aliphatic rings. The molecule has 0 atom stereocenters.